The second-order valence-electron chi connectivity index (χ2n) is 8.48. The lowest BCUT2D eigenvalue weighted by molar-refractivity contribution is -0.122. The van der Waals surface area contributed by atoms with E-state index in [1.54, 1.807) is 12.1 Å². The van der Waals surface area contributed by atoms with E-state index < -0.39 is 11.4 Å². The molecule has 0 radical (unpaired) electrons. The number of nitrogens with one attached hydrogen (secondary N) is 2. The van der Waals surface area contributed by atoms with Crippen molar-refractivity contribution in [3.8, 4) is 5.75 Å². The van der Waals surface area contributed by atoms with E-state index in [-0.39, 0.29) is 17.6 Å². The van der Waals surface area contributed by atoms with Gasteiger partial charge in [0.15, 0.2) is 11.6 Å². The van der Waals surface area contributed by atoms with Crippen LogP contribution in [0.25, 0.3) is 11.0 Å². The van der Waals surface area contributed by atoms with Crippen molar-refractivity contribution in [3.05, 3.63) is 53.8 Å². The van der Waals surface area contributed by atoms with Crippen molar-refractivity contribution in [2.24, 2.45) is 0 Å². The predicted octanol–water partition coefficient (Wildman–Crippen LogP) is 2.76. The van der Waals surface area contributed by atoms with Gasteiger partial charge in [-0.05, 0) is 55.5 Å². The normalized spacial score (nSPS) is 17.8. The molecule has 0 saturated carbocycles. The van der Waals surface area contributed by atoms with Crippen molar-refractivity contribution >= 4 is 22.8 Å². The van der Waals surface area contributed by atoms with E-state index in [1.807, 2.05) is 28.9 Å². The molecule has 8 nitrogen and oxygen atoms in total. The number of halogens is 1. The summed E-state index contributed by atoms with van der Waals surface area (Å²) in [6.45, 7) is 1.19. The molecule has 2 amide bonds. The van der Waals surface area contributed by atoms with Crippen LogP contribution in [0.3, 0.4) is 0 Å². The highest BCUT2D eigenvalue weighted by Gasteiger charge is 2.38. The highest BCUT2D eigenvalue weighted by molar-refractivity contribution is 5.80. The lowest BCUT2D eigenvalue weighted by Crippen LogP contribution is -2.44. The van der Waals surface area contributed by atoms with Crippen LogP contribution in [0.2, 0.25) is 0 Å². The summed E-state index contributed by atoms with van der Waals surface area (Å²) in [4.78, 5) is 24.4. The maximum Gasteiger partial charge on any atom is 0.220 e. The van der Waals surface area contributed by atoms with Crippen LogP contribution in [-0.2, 0) is 22.6 Å². The Morgan fingerprint density at radius 1 is 1.30 bits per heavy atom. The highest BCUT2D eigenvalue weighted by Crippen LogP contribution is 2.31. The van der Waals surface area contributed by atoms with E-state index in [4.69, 9.17) is 4.74 Å². The van der Waals surface area contributed by atoms with Gasteiger partial charge < -0.3 is 15.4 Å². The van der Waals surface area contributed by atoms with Gasteiger partial charge in [0.25, 0.3) is 0 Å². The van der Waals surface area contributed by atoms with Crippen molar-refractivity contribution in [1.82, 2.24) is 25.6 Å². The molecule has 0 unspecified atom stereocenters. The van der Waals surface area contributed by atoms with E-state index in [0.29, 0.717) is 45.2 Å². The van der Waals surface area contributed by atoms with Gasteiger partial charge in [0, 0.05) is 31.5 Å². The molecule has 174 valence electrons. The number of para-hydroxylation sites is 1. The molecule has 9 heteroatoms. The molecule has 1 fully saturated rings. The molecule has 2 heterocycles. The van der Waals surface area contributed by atoms with Crippen LogP contribution in [0.15, 0.2) is 42.5 Å². The van der Waals surface area contributed by atoms with Crippen LogP contribution in [0.5, 0.6) is 5.75 Å². The van der Waals surface area contributed by atoms with Crippen LogP contribution in [-0.4, -0.2) is 46.0 Å². The maximum absolute atomic E-state index is 13.8. The van der Waals surface area contributed by atoms with Crippen LogP contribution in [0.1, 0.15) is 37.7 Å². The van der Waals surface area contributed by atoms with E-state index in [1.165, 1.54) is 13.2 Å². The summed E-state index contributed by atoms with van der Waals surface area (Å²) in [5.41, 5.74) is 2.16. The minimum Gasteiger partial charge on any atom is -0.494 e. The highest BCUT2D eigenvalue weighted by atomic mass is 19.1. The second kappa shape index (κ2) is 9.97. The molecule has 2 N–H and O–H groups in total. The quantitative estimate of drug-likeness (QED) is 0.460. The molecular weight excluding hydrogens is 425 g/mol. The standard InChI is InChI=1S/C24H28FN5O3/c1-33-21-15-17(7-8-18(21)25)16-24(12-10-23(32)27-24)11-9-22(31)26-13-4-14-30-20-6-3-2-5-19(20)28-29-30/h2-3,5-8,15H,4,9-14,16H2,1H3,(H,26,31)(H,27,32)/t24-/m0/s1. The Morgan fingerprint density at radius 3 is 2.94 bits per heavy atom. The van der Waals surface area contributed by atoms with E-state index in [2.05, 4.69) is 20.9 Å². The molecule has 1 atom stereocenters. The number of carbonyl (C=O) groups is 2. The fourth-order valence-electron chi connectivity index (χ4n) is 4.37. The third-order valence-electron chi connectivity index (χ3n) is 6.11. The molecule has 1 aliphatic heterocycles. The Hall–Kier alpha value is -3.49. The molecule has 0 bridgehead atoms. The monoisotopic (exact) mass is 453 g/mol. The molecule has 2 aromatic carbocycles. The summed E-state index contributed by atoms with van der Waals surface area (Å²) in [6, 6.07) is 12.5. The number of hydrogen-bond acceptors (Lipinski definition) is 5. The van der Waals surface area contributed by atoms with Gasteiger partial charge in [-0.15, -0.1) is 5.10 Å². The summed E-state index contributed by atoms with van der Waals surface area (Å²) in [5.74, 6) is -0.339. The Labute approximate surface area is 191 Å². The van der Waals surface area contributed by atoms with Crippen molar-refractivity contribution < 1.29 is 18.7 Å². The fourth-order valence-corrected chi connectivity index (χ4v) is 4.37. The minimum atomic E-state index is -0.517. The molecule has 1 saturated heterocycles. The molecule has 1 aliphatic rings. The van der Waals surface area contributed by atoms with Gasteiger partial charge in [0.2, 0.25) is 11.8 Å². The number of hydrogen-bond donors (Lipinski definition) is 2. The van der Waals surface area contributed by atoms with Crippen LogP contribution >= 0.6 is 0 Å². The summed E-state index contributed by atoms with van der Waals surface area (Å²) < 4.78 is 20.7. The first-order chi connectivity index (χ1) is 16.0. The van der Waals surface area contributed by atoms with Crippen LogP contribution in [0, 0.1) is 5.82 Å². The van der Waals surface area contributed by atoms with E-state index in [0.717, 1.165) is 23.0 Å². The van der Waals surface area contributed by atoms with Gasteiger partial charge in [-0.2, -0.15) is 0 Å². The van der Waals surface area contributed by atoms with Gasteiger partial charge in [0.05, 0.1) is 12.6 Å². The minimum absolute atomic E-state index is 0.0236. The number of ether oxygens (including phenoxy) is 1. The number of rotatable bonds is 10. The number of aryl methyl sites for hydroxylation is 1. The molecule has 3 aromatic rings. The summed E-state index contributed by atoms with van der Waals surface area (Å²) in [6.07, 6.45) is 3.12. The van der Waals surface area contributed by atoms with Crippen molar-refractivity contribution in [2.75, 3.05) is 13.7 Å². The average molecular weight is 454 g/mol. The molecule has 1 aromatic heterocycles. The zero-order valence-electron chi connectivity index (χ0n) is 18.6. The van der Waals surface area contributed by atoms with Crippen molar-refractivity contribution in [1.29, 1.82) is 0 Å². The third kappa shape index (κ3) is 5.47. The molecule has 0 aliphatic carbocycles. The van der Waals surface area contributed by atoms with Gasteiger partial charge in [-0.3, -0.25) is 9.59 Å². The molecule has 4 rings (SSSR count). The Bertz CT molecular complexity index is 1150. The largest absolute Gasteiger partial charge is 0.494 e. The lowest BCUT2D eigenvalue weighted by Gasteiger charge is -2.29. The summed E-state index contributed by atoms with van der Waals surface area (Å²) >= 11 is 0. The molecule has 33 heavy (non-hydrogen) atoms. The number of aromatic nitrogens is 3. The Kier molecular flexibility index (Phi) is 6.86. The third-order valence-corrected chi connectivity index (χ3v) is 6.11. The first-order valence-electron chi connectivity index (χ1n) is 11.2. The first kappa shape index (κ1) is 22.7. The van der Waals surface area contributed by atoms with Gasteiger partial charge in [-0.1, -0.05) is 23.4 Å². The number of amides is 2. The van der Waals surface area contributed by atoms with Crippen molar-refractivity contribution in [3.63, 3.8) is 0 Å². The topological polar surface area (TPSA) is 98.1 Å². The summed E-state index contributed by atoms with van der Waals surface area (Å²) in [7, 11) is 1.42. The number of methoxy groups -OCH3 is 1. The zero-order chi connectivity index (χ0) is 23.3. The first-order valence-corrected chi connectivity index (χ1v) is 11.2. The number of fused-ring (bicyclic) bond motifs is 1. The van der Waals surface area contributed by atoms with Gasteiger partial charge >= 0.3 is 0 Å². The molecule has 0 spiro atoms. The molecular formula is C24H28FN5O3. The fraction of sp³-hybridized carbons (Fsp3) is 0.417. The van der Waals surface area contributed by atoms with Crippen LogP contribution in [0.4, 0.5) is 4.39 Å². The average Bonchev–Trinajstić information content (AvgIpc) is 3.40. The zero-order valence-corrected chi connectivity index (χ0v) is 18.6. The van der Waals surface area contributed by atoms with Crippen LogP contribution < -0.4 is 15.4 Å². The SMILES string of the molecule is COc1cc(C[C@]2(CCC(=O)NCCCn3nnc4ccccc43)CCC(=O)N2)ccc1F. The summed E-state index contributed by atoms with van der Waals surface area (Å²) in [5, 5.41) is 14.3. The van der Waals surface area contributed by atoms with Gasteiger partial charge in [-0.25, -0.2) is 9.07 Å². The Balaban J connectivity index is 1.28. The number of carbonyl (C=O) groups excluding carboxylic acids is 2. The lowest BCUT2D eigenvalue weighted by atomic mass is 9.85. The Morgan fingerprint density at radius 2 is 2.15 bits per heavy atom. The van der Waals surface area contributed by atoms with E-state index in [9.17, 15) is 14.0 Å². The number of benzene rings is 2. The van der Waals surface area contributed by atoms with Gasteiger partial charge in [0.1, 0.15) is 5.52 Å². The number of nitrogens with zero attached hydrogens (tertiary/aromatic N) is 3. The van der Waals surface area contributed by atoms with Crippen molar-refractivity contribution in [2.45, 2.75) is 50.6 Å². The van der Waals surface area contributed by atoms with E-state index >= 15 is 0 Å². The smallest absolute Gasteiger partial charge is 0.220 e. The second-order valence-corrected chi connectivity index (χ2v) is 8.48. The maximum atomic E-state index is 13.8. The predicted molar refractivity (Wildman–Crippen MR) is 121 cm³/mol.